The number of ether oxygens (including phenoxy) is 2. The number of hydrogen-bond acceptors (Lipinski definition) is 6. The fourth-order valence-electron chi connectivity index (χ4n) is 4.30. The lowest BCUT2D eigenvalue weighted by atomic mass is 10.1. The molecule has 0 radical (unpaired) electrons. The number of carbonyl (C=O) groups excluding carboxylic acids is 2. The van der Waals surface area contributed by atoms with Gasteiger partial charge in [0.1, 0.15) is 5.76 Å². The van der Waals surface area contributed by atoms with Gasteiger partial charge < -0.3 is 23.7 Å². The molecule has 1 atom stereocenters. The van der Waals surface area contributed by atoms with Crippen LogP contribution in [-0.4, -0.2) is 73.5 Å². The Labute approximate surface area is 182 Å². The van der Waals surface area contributed by atoms with Crippen LogP contribution < -0.4 is 9.47 Å². The smallest absolute Gasteiger partial charge is 0.228 e. The first-order valence-corrected chi connectivity index (χ1v) is 10.6. The highest BCUT2D eigenvalue weighted by atomic mass is 16.5. The zero-order chi connectivity index (χ0) is 21.8. The van der Waals surface area contributed by atoms with Crippen LogP contribution in [0.25, 0.3) is 0 Å². The zero-order valence-corrected chi connectivity index (χ0v) is 18.1. The summed E-state index contributed by atoms with van der Waals surface area (Å²) >= 11 is 0. The molecule has 3 heterocycles. The molecule has 0 saturated carbocycles. The first-order valence-electron chi connectivity index (χ1n) is 10.6. The largest absolute Gasteiger partial charge is 0.493 e. The molecule has 0 bridgehead atoms. The fraction of sp³-hybridized carbons (Fsp3) is 0.478. The van der Waals surface area contributed by atoms with Crippen LogP contribution in [0.2, 0.25) is 0 Å². The molecule has 31 heavy (non-hydrogen) atoms. The normalized spacial score (nSPS) is 19.7. The van der Waals surface area contributed by atoms with Gasteiger partial charge in [-0.05, 0) is 29.8 Å². The van der Waals surface area contributed by atoms with Crippen LogP contribution in [0.15, 0.2) is 41.0 Å². The van der Waals surface area contributed by atoms with E-state index in [0.29, 0.717) is 31.9 Å². The van der Waals surface area contributed by atoms with E-state index in [0.717, 1.165) is 36.7 Å². The van der Waals surface area contributed by atoms with Crippen molar-refractivity contribution in [3.63, 3.8) is 0 Å². The minimum absolute atomic E-state index is 0.0156. The van der Waals surface area contributed by atoms with Crippen molar-refractivity contribution in [2.24, 2.45) is 5.92 Å². The topological polar surface area (TPSA) is 75.5 Å². The molecule has 2 saturated heterocycles. The van der Waals surface area contributed by atoms with E-state index in [2.05, 4.69) is 4.90 Å². The number of piperazine rings is 1. The van der Waals surface area contributed by atoms with E-state index < -0.39 is 0 Å². The number of hydrogen-bond donors (Lipinski definition) is 0. The number of furan rings is 1. The van der Waals surface area contributed by atoms with E-state index in [4.69, 9.17) is 13.9 Å². The molecule has 1 unspecified atom stereocenters. The average Bonchev–Trinajstić information content (AvgIpc) is 3.44. The molecule has 0 spiro atoms. The van der Waals surface area contributed by atoms with Crippen LogP contribution in [0.3, 0.4) is 0 Å². The van der Waals surface area contributed by atoms with Crippen LogP contribution in [0.5, 0.6) is 11.5 Å². The third-order valence-corrected chi connectivity index (χ3v) is 6.03. The predicted octanol–water partition coefficient (Wildman–Crippen LogP) is 1.99. The maximum Gasteiger partial charge on any atom is 0.228 e. The molecule has 2 aliphatic rings. The van der Waals surface area contributed by atoms with Gasteiger partial charge in [-0.2, -0.15) is 0 Å². The third kappa shape index (κ3) is 4.85. The van der Waals surface area contributed by atoms with E-state index in [9.17, 15) is 9.59 Å². The van der Waals surface area contributed by atoms with E-state index in [-0.39, 0.29) is 24.2 Å². The molecule has 2 aromatic rings. The van der Waals surface area contributed by atoms with Gasteiger partial charge in [0.25, 0.3) is 0 Å². The summed E-state index contributed by atoms with van der Waals surface area (Å²) in [6.45, 7) is 4.64. The number of nitrogens with zero attached hydrogens (tertiary/aromatic N) is 3. The van der Waals surface area contributed by atoms with Crippen molar-refractivity contribution < 1.29 is 23.5 Å². The highest BCUT2D eigenvalue weighted by Crippen LogP contribution is 2.28. The number of carbonyl (C=O) groups is 2. The minimum Gasteiger partial charge on any atom is -0.493 e. The average molecular weight is 428 g/mol. The summed E-state index contributed by atoms with van der Waals surface area (Å²) in [5, 5.41) is 0. The molecule has 1 aromatic heterocycles. The Morgan fingerprint density at radius 1 is 1.06 bits per heavy atom. The Balaban J connectivity index is 1.28. The van der Waals surface area contributed by atoms with Gasteiger partial charge in [0.15, 0.2) is 11.5 Å². The SMILES string of the molecule is COc1ccc(CN2CCN(C(=O)C3CC(=O)N(Cc4ccco4)C3)CC2)cc1OC. The summed E-state index contributed by atoms with van der Waals surface area (Å²) in [7, 11) is 3.26. The lowest BCUT2D eigenvalue weighted by Crippen LogP contribution is -2.50. The van der Waals surface area contributed by atoms with E-state index in [1.807, 2.05) is 29.2 Å². The van der Waals surface area contributed by atoms with Crippen molar-refractivity contribution in [2.75, 3.05) is 46.9 Å². The van der Waals surface area contributed by atoms with Crippen LogP contribution in [0, 0.1) is 5.92 Å². The first kappa shape index (κ1) is 21.2. The molecule has 8 heteroatoms. The van der Waals surface area contributed by atoms with Gasteiger partial charge in [-0.1, -0.05) is 6.07 Å². The second-order valence-corrected chi connectivity index (χ2v) is 8.05. The molecule has 0 aliphatic carbocycles. The molecule has 2 aliphatic heterocycles. The van der Waals surface area contributed by atoms with Crippen molar-refractivity contribution in [2.45, 2.75) is 19.5 Å². The van der Waals surface area contributed by atoms with Gasteiger partial charge in [0, 0.05) is 45.7 Å². The molecule has 1 aromatic carbocycles. The number of likely N-dealkylation sites (tertiary alicyclic amines) is 1. The maximum absolute atomic E-state index is 13.0. The van der Waals surface area contributed by atoms with Crippen LogP contribution in [0.4, 0.5) is 0 Å². The monoisotopic (exact) mass is 427 g/mol. The van der Waals surface area contributed by atoms with Gasteiger partial charge in [-0.15, -0.1) is 0 Å². The van der Waals surface area contributed by atoms with Crippen molar-refractivity contribution in [3.05, 3.63) is 47.9 Å². The molecule has 0 N–H and O–H groups in total. The highest BCUT2D eigenvalue weighted by molar-refractivity contribution is 5.89. The van der Waals surface area contributed by atoms with Gasteiger partial charge >= 0.3 is 0 Å². The van der Waals surface area contributed by atoms with E-state index in [1.54, 1.807) is 31.4 Å². The standard InChI is InChI=1S/C23H29N3O5/c1-29-20-6-5-17(12-21(20)30-2)14-24-7-9-25(10-8-24)23(28)18-13-22(27)26(15-18)16-19-4-3-11-31-19/h3-6,11-12,18H,7-10,13-16H2,1-2H3. The Morgan fingerprint density at radius 2 is 1.84 bits per heavy atom. The summed E-state index contributed by atoms with van der Waals surface area (Å²) in [4.78, 5) is 31.3. The molecule has 4 rings (SSSR count). The summed E-state index contributed by atoms with van der Waals surface area (Å²) in [5.74, 6) is 2.01. The highest BCUT2D eigenvalue weighted by Gasteiger charge is 2.37. The summed E-state index contributed by atoms with van der Waals surface area (Å²) < 4.78 is 16.0. The fourth-order valence-corrected chi connectivity index (χ4v) is 4.30. The summed E-state index contributed by atoms with van der Waals surface area (Å²) in [6.07, 6.45) is 1.88. The molecule has 2 fully saturated rings. The minimum atomic E-state index is -0.264. The number of benzene rings is 1. The summed E-state index contributed by atoms with van der Waals surface area (Å²) in [6, 6.07) is 9.60. The van der Waals surface area contributed by atoms with Crippen molar-refractivity contribution in [3.8, 4) is 11.5 Å². The number of rotatable bonds is 7. The third-order valence-electron chi connectivity index (χ3n) is 6.03. The van der Waals surface area contributed by atoms with Crippen molar-refractivity contribution in [1.82, 2.24) is 14.7 Å². The second-order valence-electron chi connectivity index (χ2n) is 8.05. The van der Waals surface area contributed by atoms with Crippen molar-refractivity contribution in [1.29, 1.82) is 0 Å². The van der Waals surface area contributed by atoms with E-state index in [1.165, 1.54) is 0 Å². The lowest BCUT2D eigenvalue weighted by Gasteiger charge is -2.36. The van der Waals surface area contributed by atoms with Gasteiger partial charge in [0.05, 0.1) is 32.9 Å². The molecule has 2 amide bonds. The Morgan fingerprint density at radius 3 is 2.52 bits per heavy atom. The Hall–Kier alpha value is -3.00. The van der Waals surface area contributed by atoms with Crippen LogP contribution in [-0.2, 0) is 22.7 Å². The Kier molecular flexibility index (Phi) is 6.46. The first-order chi connectivity index (χ1) is 15.1. The van der Waals surface area contributed by atoms with Gasteiger partial charge in [-0.25, -0.2) is 0 Å². The maximum atomic E-state index is 13.0. The summed E-state index contributed by atoms with van der Waals surface area (Å²) in [5.41, 5.74) is 1.15. The van der Waals surface area contributed by atoms with Crippen LogP contribution >= 0.6 is 0 Å². The molecular formula is C23H29N3O5. The van der Waals surface area contributed by atoms with Gasteiger partial charge in [-0.3, -0.25) is 14.5 Å². The molecule has 166 valence electrons. The number of methoxy groups -OCH3 is 2. The molecule has 8 nitrogen and oxygen atoms in total. The Bertz CT molecular complexity index is 906. The van der Waals surface area contributed by atoms with Crippen LogP contribution in [0.1, 0.15) is 17.7 Å². The van der Waals surface area contributed by atoms with Crippen molar-refractivity contribution >= 4 is 11.8 Å². The van der Waals surface area contributed by atoms with E-state index >= 15 is 0 Å². The quantitative estimate of drug-likeness (QED) is 0.673. The second kappa shape index (κ2) is 9.43. The lowest BCUT2D eigenvalue weighted by molar-refractivity contribution is -0.137. The number of amides is 2. The predicted molar refractivity (Wildman–Crippen MR) is 114 cm³/mol. The van der Waals surface area contributed by atoms with Gasteiger partial charge in [0.2, 0.25) is 11.8 Å². The zero-order valence-electron chi connectivity index (χ0n) is 18.1. The molecular weight excluding hydrogens is 398 g/mol.